The van der Waals surface area contributed by atoms with Gasteiger partial charge in [-0.15, -0.1) is 0 Å². The van der Waals surface area contributed by atoms with E-state index in [9.17, 15) is 9.90 Å². The van der Waals surface area contributed by atoms with Gasteiger partial charge in [-0.25, -0.2) is 0 Å². The molecule has 0 fully saturated rings. The van der Waals surface area contributed by atoms with Crippen molar-refractivity contribution in [3.63, 3.8) is 0 Å². The van der Waals surface area contributed by atoms with E-state index in [0.29, 0.717) is 6.21 Å². The fourth-order valence-corrected chi connectivity index (χ4v) is 1.28. The van der Waals surface area contributed by atoms with Crippen molar-refractivity contribution in [2.45, 2.75) is 26.2 Å². The van der Waals surface area contributed by atoms with Crippen LogP contribution in [-0.4, -0.2) is 17.1 Å². The molecule has 2 N–H and O–H groups in total. The molecule has 15 heavy (non-hydrogen) atoms. The molecule has 0 bridgehead atoms. The Morgan fingerprint density at radius 1 is 1.40 bits per heavy atom. The van der Waals surface area contributed by atoms with E-state index in [-0.39, 0.29) is 16.7 Å². The molecule has 0 radical (unpaired) electrons. The van der Waals surface area contributed by atoms with Crippen molar-refractivity contribution >= 4 is 12.0 Å². The number of carbonyl (C=O) groups is 1. The summed E-state index contributed by atoms with van der Waals surface area (Å²) in [6.45, 7) is 6.08. The number of benzene rings is 1. The third-order valence-corrected chi connectivity index (χ3v) is 2.26. The van der Waals surface area contributed by atoms with E-state index in [1.54, 1.807) is 12.1 Å². The summed E-state index contributed by atoms with van der Waals surface area (Å²) in [6, 6.07) is 4.93. The lowest BCUT2D eigenvalue weighted by atomic mass is 9.85. The number of phenols is 1. The number of hydrogen-bond acceptors (Lipinski definition) is 3. The van der Waals surface area contributed by atoms with Gasteiger partial charge in [0, 0.05) is 0 Å². The van der Waals surface area contributed by atoms with E-state index in [1.165, 1.54) is 6.07 Å². The highest BCUT2D eigenvalue weighted by Gasteiger charge is 2.17. The SMILES string of the molecule is CC(C)(C)c1ccc(O)c(C(=O)C=N)c1. The van der Waals surface area contributed by atoms with Gasteiger partial charge >= 0.3 is 0 Å². The molecule has 0 aromatic heterocycles. The average Bonchev–Trinajstić information content (AvgIpc) is 2.15. The van der Waals surface area contributed by atoms with Crippen molar-refractivity contribution in [2.75, 3.05) is 0 Å². The lowest BCUT2D eigenvalue weighted by Gasteiger charge is -2.19. The Labute approximate surface area is 89.3 Å². The Balaban J connectivity index is 3.29. The van der Waals surface area contributed by atoms with Gasteiger partial charge in [0.2, 0.25) is 5.78 Å². The standard InChI is InChI=1S/C12H15NO2/c1-12(2,3)8-4-5-10(14)9(6-8)11(15)7-13/h4-7,13-14H,1-3H3. The smallest absolute Gasteiger partial charge is 0.207 e. The predicted molar refractivity (Wildman–Crippen MR) is 59.9 cm³/mol. The number of rotatable bonds is 2. The molecule has 1 aromatic carbocycles. The van der Waals surface area contributed by atoms with E-state index in [0.717, 1.165) is 5.56 Å². The van der Waals surface area contributed by atoms with E-state index >= 15 is 0 Å². The normalized spacial score (nSPS) is 11.1. The summed E-state index contributed by atoms with van der Waals surface area (Å²) in [7, 11) is 0. The maximum atomic E-state index is 11.3. The summed E-state index contributed by atoms with van der Waals surface area (Å²) >= 11 is 0. The van der Waals surface area contributed by atoms with Crippen LogP contribution in [-0.2, 0) is 5.41 Å². The molecule has 3 heteroatoms. The first-order valence-electron chi connectivity index (χ1n) is 4.74. The number of nitrogens with one attached hydrogen (secondary N) is 1. The number of phenolic OH excluding ortho intramolecular Hbond substituents is 1. The zero-order chi connectivity index (χ0) is 11.6. The second-order valence-electron chi connectivity index (χ2n) is 4.49. The van der Waals surface area contributed by atoms with Gasteiger partial charge in [0.1, 0.15) is 5.75 Å². The first-order chi connectivity index (χ1) is 6.86. The Kier molecular flexibility index (Phi) is 2.93. The Hall–Kier alpha value is -1.64. The monoisotopic (exact) mass is 205 g/mol. The molecule has 0 aliphatic rings. The molecule has 0 spiro atoms. The van der Waals surface area contributed by atoms with Crippen LogP contribution in [0.2, 0.25) is 0 Å². The maximum absolute atomic E-state index is 11.3. The van der Waals surface area contributed by atoms with Crippen LogP contribution in [0.4, 0.5) is 0 Å². The molecule has 80 valence electrons. The van der Waals surface area contributed by atoms with Crippen molar-refractivity contribution in [1.29, 1.82) is 5.41 Å². The van der Waals surface area contributed by atoms with Crippen LogP contribution in [0.25, 0.3) is 0 Å². The van der Waals surface area contributed by atoms with Gasteiger partial charge in [-0.2, -0.15) is 0 Å². The zero-order valence-corrected chi connectivity index (χ0v) is 9.16. The number of carbonyl (C=O) groups excluding carboxylic acids is 1. The molecular formula is C12H15NO2. The molecule has 0 aliphatic carbocycles. The van der Waals surface area contributed by atoms with Crippen molar-refractivity contribution in [3.05, 3.63) is 29.3 Å². The average molecular weight is 205 g/mol. The van der Waals surface area contributed by atoms with Crippen molar-refractivity contribution in [2.24, 2.45) is 0 Å². The molecular weight excluding hydrogens is 190 g/mol. The Morgan fingerprint density at radius 2 is 2.00 bits per heavy atom. The van der Waals surface area contributed by atoms with Crippen molar-refractivity contribution in [1.82, 2.24) is 0 Å². The molecule has 3 nitrogen and oxygen atoms in total. The minimum absolute atomic E-state index is 0.0727. The van der Waals surface area contributed by atoms with E-state index < -0.39 is 5.78 Å². The van der Waals surface area contributed by atoms with Crippen LogP contribution >= 0.6 is 0 Å². The number of ketones is 1. The predicted octanol–water partition coefficient (Wildman–Crippen LogP) is 2.52. The summed E-state index contributed by atoms with van der Waals surface area (Å²) in [6.07, 6.45) is 0.710. The minimum atomic E-state index is -0.474. The van der Waals surface area contributed by atoms with Crippen LogP contribution in [0.3, 0.4) is 0 Å². The van der Waals surface area contributed by atoms with Gasteiger partial charge in [-0.3, -0.25) is 4.79 Å². The summed E-state index contributed by atoms with van der Waals surface area (Å²) in [4.78, 5) is 11.3. The number of hydrogen-bond donors (Lipinski definition) is 2. The number of Topliss-reactive ketones (excluding diaryl/α,β-unsaturated/α-hetero) is 1. The second-order valence-corrected chi connectivity index (χ2v) is 4.49. The first-order valence-corrected chi connectivity index (χ1v) is 4.74. The molecule has 1 aromatic rings. The van der Waals surface area contributed by atoms with Crippen LogP contribution in [0.5, 0.6) is 5.75 Å². The van der Waals surface area contributed by atoms with Gasteiger partial charge in [-0.05, 0) is 23.1 Å². The van der Waals surface area contributed by atoms with Crippen molar-refractivity contribution < 1.29 is 9.90 Å². The third-order valence-electron chi connectivity index (χ3n) is 2.26. The van der Waals surface area contributed by atoms with Crippen LogP contribution in [0.1, 0.15) is 36.7 Å². The highest BCUT2D eigenvalue weighted by molar-refractivity contribution is 6.35. The van der Waals surface area contributed by atoms with Gasteiger partial charge < -0.3 is 10.5 Å². The summed E-state index contributed by atoms with van der Waals surface area (Å²) in [5, 5.41) is 16.4. The third kappa shape index (κ3) is 2.43. The Bertz CT molecular complexity index is 403. The van der Waals surface area contributed by atoms with E-state index in [2.05, 4.69) is 0 Å². The molecule has 0 saturated heterocycles. The molecule has 0 amide bonds. The Morgan fingerprint density at radius 3 is 2.47 bits per heavy atom. The van der Waals surface area contributed by atoms with Gasteiger partial charge in [0.15, 0.2) is 0 Å². The minimum Gasteiger partial charge on any atom is -0.507 e. The summed E-state index contributed by atoms with van der Waals surface area (Å²) < 4.78 is 0. The molecule has 1 rings (SSSR count). The molecule has 0 saturated carbocycles. The summed E-state index contributed by atoms with van der Waals surface area (Å²) in [5.74, 6) is -0.546. The van der Waals surface area contributed by atoms with Crippen LogP contribution < -0.4 is 0 Å². The fourth-order valence-electron chi connectivity index (χ4n) is 1.28. The molecule has 0 unspecified atom stereocenters. The quantitative estimate of drug-likeness (QED) is 0.575. The first kappa shape index (κ1) is 11.4. The maximum Gasteiger partial charge on any atom is 0.207 e. The van der Waals surface area contributed by atoms with E-state index in [4.69, 9.17) is 5.41 Å². The fraction of sp³-hybridized carbons (Fsp3) is 0.333. The van der Waals surface area contributed by atoms with Crippen molar-refractivity contribution in [3.8, 4) is 5.75 Å². The molecule has 0 atom stereocenters. The number of aromatic hydroxyl groups is 1. The molecule has 0 aliphatic heterocycles. The highest BCUT2D eigenvalue weighted by atomic mass is 16.3. The second kappa shape index (κ2) is 3.85. The van der Waals surface area contributed by atoms with E-state index in [1.807, 2.05) is 20.8 Å². The van der Waals surface area contributed by atoms with Crippen LogP contribution in [0.15, 0.2) is 18.2 Å². The topological polar surface area (TPSA) is 61.1 Å². The lowest BCUT2D eigenvalue weighted by molar-refractivity contribution is 0.106. The van der Waals surface area contributed by atoms with Gasteiger partial charge in [0.25, 0.3) is 0 Å². The van der Waals surface area contributed by atoms with Gasteiger partial charge in [-0.1, -0.05) is 26.8 Å². The lowest BCUT2D eigenvalue weighted by Crippen LogP contribution is -2.12. The van der Waals surface area contributed by atoms with Crippen LogP contribution in [0, 0.1) is 5.41 Å². The molecule has 0 heterocycles. The summed E-state index contributed by atoms with van der Waals surface area (Å²) in [5.41, 5.74) is 1.08. The highest BCUT2D eigenvalue weighted by Crippen LogP contribution is 2.27. The zero-order valence-electron chi connectivity index (χ0n) is 9.16. The largest absolute Gasteiger partial charge is 0.507 e. The van der Waals surface area contributed by atoms with Gasteiger partial charge in [0.05, 0.1) is 11.8 Å².